The number of hydrogen-bond donors (Lipinski definition) is 2. The standard InChI is InChI=1S/C27H38O3/c1-4-6-8-10-22-14-24(18-26(29)16-22)25-15-23(11-9-7-5-2)17-27(19-25)30-13-12-21(3)20-28/h14-19,28-29H,3-13,20H2,1-2H3. The highest BCUT2D eigenvalue weighted by Crippen LogP contribution is 2.31. The van der Waals surface area contributed by atoms with Crippen LogP contribution in [-0.2, 0) is 12.8 Å². The fraction of sp³-hybridized carbons (Fsp3) is 0.481. The lowest BCUT2D eigenvalue weighted by Gasteiger charge is -2.13. The monoisotopic (exact) mass is 410 g/mol. The minimum Gasteiger partial charge on any atom is -0.508 e. The summed E-state index contributed by atoms with van der Waals surface area (Å²) in [7, 11) is 0. The Labute approximate surface area is 182 Å². The predicted octanol–water partition coefficient (Wildman–Crippen LogP) is 6.84. The molecule has 3 heteroatoms. The van der Waals surface area contributed by atoms with Gasteiger partial charge >= 0.3 is 0 Å². The number of ether oxygens (including phenoxy) is 1. The first kappa shape index (κ1) is 24.0. The van der Waals surface area contributed by atoms with Gasteiger partial charge in [0.05, 0.1) is 13.2 Å². The molecule has 0 aliphatic carbocycles. The van der Waals surface area contributed by atoms with Gasteiger partial charge in [-0.05, 0) is 77.8 Å². The van der Waals surface area contributed by atoms with E-state index in [0.717, 1.165) is 48.1 Å². The molecule has 3 nitrogen and oxygen atoms in total. The third kappa shape index (κ3) is 8.23. The summed E-state index contributed by atoms with van der Waals surface area (Å²) in [4.78, 5) is 0. The fourth-order valence-corrected chi connectivity index (χ4v) is 3.59. The summed E-state index contributed by atoms with van der Waals surface area (Å²) < 4.78 is 5.99. The van der Waals surface area contributed by atoms with E-state index >= 15 is 0 Å². The van der Waals surface area contributed by atoms with Crippen LogP contribution in [0.1, 0.15) is 69.9 Å². The number of rotatable bonds is 14. The van der Waals surface area contributed by atoms with Crippen LogP contribution in [0.25, 0.3) is 11.1 Å². The highest BCUT2D eigenvalue weighted by molar-refractivity contribution is 5.68. The summed E-state index contributed by atoms with van der Waals surface area (Å²) in [5.74, 6) is 1.15. The van der Waals surface area contributed by atoms with E-state index < -0.39 is 0 Å². The zero-order chi connectivity index (χ0) is 21.8. The van der Waals surface area contributed by atoms with E-state index in [9.17, 15) is 5.11 Å². The van der Waals surface area contributed by atoms with Gasteiger partial charge in [0.2, 0.25) is 0 Å². The Balaban J connectivity index is 2.26. The molecule has 30 heavy (non-hydrogen) atoms. The van der Waals surface area contributed by atoms with Crippen molar-refractivity contribution in [3.05, 3.63) is 59.7 Å². The highest BCUT2D eigenvalue weighted by Gasteiger charge is 2.08. The molecule has 2 aromatic rings. The van der Waals surface area contributed by atoms with E-state index in [1.54, 1.807) is 0 Å². The minimum atomic E-state index is -0.00420. The summed E-state index contributed by atoms with van der Waals surface area (Å²) in [5, 5.41) is 19.4. The third-order valence-corrected chi connectivity index (χ3v) is 5.36. The van der Waals surface area contributed by atoms with Crippen LogP contribution in [0.15, 0.2) is 48.6 Å². The van der Waals surface area contributed by atoms with Gasteiger partial charge in [0.1, 0.15) is 11.5 Å². The zero-order valence-electron chi connectivity index (χ0n) is 18.8. The van der Waals surface area contributed by atoms with E-state index in [1.165, 1.54) is 36.8 Å². The van der Waals surface area contributed by atoms with E-state index in [2.05, 4.69) is 44.7 Å². The number of phenolic OH excluding ortho intramolecular Hbond substituents is 1. The van der Waals surface area contributed by atoms with Gasteiger partial charge in [-0.15, -0.1) is 0 Å². The van der Waals surface area contributed by atoms with Gasteiger partial charge in [-0.1, -0.05) is 58.2 Å². The van der Waals surface area contributed by atoms with Gasteiger partial charge in [-0.25, -0.2) is 0 Å². The third-order valence-electron chi connectivity index (χ3n) is 5.36. The number of aryl methyl sites for hydroxylation is 2. The Morgan fingerprint density at radius 3 is 2.03 bits per heavy atom. The quantitative estimate of drug-likeness (QED) is 0.265. The van der Waals surface area contributed by atoms with Gasteiger partial charge < -0.3 is 14.9 Å². The molecule has 0 aliphatic rings. The largest absolute Gasteiger partial charge is 0.508 e. The maximum absolute atomic E-state index is 10.3. The van der Waals surface area contributed by atoms with Crippen LogP contribution in [0.3, 0.4) is 0 Å². The average Bonchev–Trinajstić information content (AvgIpc) is 2.73. The maximum Gasteiger partial charge on any atom is 0.120 e. The summed E-state index contributed by atoms with van der Waals surface area (Å²) >= 11 is 0. The highest BCUT2D eigenvalue weighted by atomic mass is 16.5. The van der Waals surface area contributed by atoms with Gasteiger partial charge in [0.25, 0.3) is 0 Å². The van der Waals surface area contributed by atoms with Crippen molar-refractivity contribution in [3.8, 4) is 22.6 Å². The second kappa shape index (κ2) is 13.1. The van der Waals surface area contributed by atoms with Crippen molar-refractivity contribution >= 4 is 0 Å². The van der Waals surface area contributed by atoms with Gasteiger partial charge in [-0.3, -0.25) is 0 Å². The molecule has 0 aromatic heterocycles. The molecule has 0 atom stereocenters. The Kier molecular flexibility index (Phi) is 10.5. The number of aliphatic hydroxyl groups is 1. The van der Waals surface area contributed by atoms with Crippen LogP contribution in [-0.4, -0.2) is 23.4 Å². The molecule has 2 rings (SSSR count). The summed E-state index contributed by atoms with van der Waals surface area (Å²) in [6.45, 7) is 8.74. The summed E-state index contributed by atoms with van der Waals surface area (Å²) in [6, 6.07) is 12.3. The number of benzene rings is 2. The molecule has 164 valence electrons. The lowest BCUT2D eigenvalue weighted by molar-refractivity contribution is 0.294. The fourth-order valence-electron chi connectivity index (χ4n) is 3.59. The van der Waals surface area contributed by atoms with Gasteiger partial charge in [0, 0.05) is 6.42 Å². The molecule has 0 saturated heterocycles. The van der Waals surface area contributed by atoms with E-state index in [1.807, 2.05) is 12.1 Å². The first-order chi connectivity index (χ1) is 14.5. The van der Waals surface area contributed by atoms with Crippen molar-refractivity contribution in [2.45, 2.75) is 71.6 Å². The van der Waals surface area contributed by atoms with Crippen molar-refractivity contribution < 1.29 is 14.9 Å². The first-order valence-electron chi connectivity index (χ1n) is 11.4. The normalized spacial score (nSPS) is 10.9. The minimum absolute atomic E-state index is 0.00420. The molecule has 0 fully saturated rings. The topological polar surface area (TPSA) is 49.7 Å². The summed E-state index contributed by atoms with van der Waals surface area (Å²) in [5.41, 5.74) is 5.32. The van der Waals surface area contributed by atoms with Crippen molar-refractivity contribution in [1.82, 2.24) is 0 Å². The van der Waals surface area contributed by atoms with Crippen LogP contribution in [0.2, 0.25) is 0 Å². The molecule has 0 aliphatic heterocycles. The second-order valence-corrected chi connectivity index (χ2v) is 8.17. The Morgan fingerprint density at radius 2 is 1.43 bits per heavy atom. The molecule has 0 amide bonds. The SMILES string of the molecule is C=C(CO)CCOc1cc(CCCCC)cc(-c2cc(O)cc(CCCCC)c2)c1. The zero-order valence-corrected chi connectivity index (χ0v) is 18.8. The van der Waals surface area contributed by atoms with Crippen LogP contribution >= 0.6 is 0 Å². The molecule has 0 radical (unpaired) electrons. The van der Waals surface area contributed by atoms with Crippen LogP contribution < -0.4 is 4.74 Å². The first-order valence-corrected chi connectivity index (χ1v) is 11.4. The van der Waals surface area contributed by atoms with E-state index in [0.29, 0.717) is 18.8 Å². The lowest BCUT2D eigenvalue weighted by atomic mass is 9.96. The number of unbranched alkanes of at least 4 members (excludes halogenated alkanes) is 4. The van der Waals surface area contributed by atoms with Crippen molar-refractivity contribution in [1.29, 1.82) is 0 Å². The number of aliphatic hydroxyl groups excluding tert-OH is 1. The molecule has 0 unspecified atom stereocenters. The number of phenols is 1. The number of aromatic hydroxyl groups is 1. The average molecular weight is 411 g/mol. The van der Waals surface area contributed by atoms with Crippen molar-refractivity contribution in [2.75, 3.05) is 13.2 Å². The Morgan fingerprint density at radius 1 is 0.833 bits per heavy atom. The molecular formula is C27H38O3. The van der Waals surface area contributed by atoms with E-state index in [-0.39, 0.29) is 6.61 Å². The molecule has 0 bridgehead atoms. The molecule has 2 N–H and O–H groups in total. The molecule has 0 saturated carbocycles. The van der Waals surface area contributed by atoms with Gasteiger partial charge in [-0.2, -0.15) is 0 Å². The molecule has 0 spiro atoms. The summed E-state index contributed by atoms with van der Waals surface area (Å²) in [6.07, 6.45) is 9.73. The maximum atomic E-state index is 10.3. The lowest BCUT2D eigenvalue weighted by Crippen LogP contribution is -2.01. The number of hydrogen-bond acceptors (Lipinski definition) is 3. The smallest absolute Gasteiger partial charge is 0.120 e. The second-order valence-electron chi connectivity index (χ2n) is 8.17. The Bertz CT molecular complexity index is 795. The predicted molar refractivity (Wildman–Crippen MR) is 126 cm³/mol. The van der Waals surface area contributed by atoms with Crippen LogP contribution in [0.4, 0.5) is 0 Å². The van der Waals surface area contributed by atoms with Crippen molar-refractivity contribution in [2.24, 2.45) is 0 Å². The van der Waals surface area contributed by atoms with Crippen LogP contribution in [0.5, 0.6) is 11.5 Å². The van der Waals surface area contributed by atoms with Gasteiger partial charge in [0.15, 0.2) is 0 Å². The molecule has 2 aromatic carbocycles. The van der Waals surface area contributed by atoms with Crippen LogP contribution in [0, 0.1) is 0 Å². The van der Waals surface area contributed by atoms with Crippen molar-refractivity contribution in [3.63, 3.8) is 0 Å². The van der Waals surface area contributed by atoms with E-state index in [4.69, 9.17) is 9.84 Å². The Hall–Kier alpha value is -2.26. The molecule has 0 heterocycles. The molecular weight excluding hydrogens is 372 g/mol.